The summed E-state index contributed by atoms with van der Waals surface area (Å²) in [4.78, 5) is 21.4. The van der Waals surface area contributed by atoms with Crippen molar-refractivity contribution in [1.82, 2.24) is 24.9 Å². The molecule has 0 fully saturated rings. The molecule has 0 aliphatic rings. The number of nitrogens with one attached hydrogen (secondary N) is 1. The Labute approximate surface area is 174 Å². The van der Waals surface area contributed by atoms with Crippen molar-refractivity contribution in [3.63, 3.8) is 0 Å². The molecule has 150 valence electrons. The average molecular weight is 421 g/mol. The van der Waals surface area contributed by atoms with Gasteiger partial charge in [-0.15, -0.1) is 17.5 Å². The van der Waals surface area contributed by atoms with E-state index in [0.29, 0.717) is 35.3 Å². The van der Waals surface area contributed by atoms with Gasteiger partial charge >= 0.3 is 0 Å². The third kappa shape index (κ3) is 5.43. The monoisotopic (exact) mass is 420 g/mol. The van der Waals surface area contributed by atoms with E-state index in [1.807, 2.05) is 44.2 Å². The molecule has 7 nitrogen and oxygen atoms in total. The Kier molecular flexibility index (Phi) is 8.22. The quantitative estimate of drug-likeness (QED) is 0.429. The molecule has 2 heterocycles. The summed E-state index contributed by atoms with van der Waals surface area (Å²) in [6.45, 7) is 5.20. The Bertz CT molecular complexity index is 945. The van der Waals surface area contributed by atoms with Crippen LogP contribution in [0.2, 0.25) is 0 Å². The molecule has 1 amide bonds. The summed E-state index contributed by atoms with van der Waals surface area (Å²) in [6.07, 6.45) is 1.79. The van der Waals surface area contributed by atoms with Crippen LogP contribution in [0.5, 0.6) is 0 Å². The van der Waals surface area contributed by atoms with Crippen molar-refractivity contribution in [3.05, 3.63) is 52.8 Å². The molecule has 0 unspecified atom stereocenters. The number of rotatable bonds is 8. The zero-order valence-electron chi connectivity index (χ0n) is 16.0. The van der Waals surface area contributed by atoms with Gasteiger partial charge in [-0.2, -0.15) is 4.98 Å². The zero-order valence-corrected chi connectivity index (χ0v) is 17.6. The Morgan fingerprint density at radius 1 is 1.21 bits per heavy atom. The molecule has 0 bridgehead atoms. The normalized spacial score (nSPS) is 10.7. The molecule has 0 saturated heterocycles. The fraction of sp³-hybridized carbons (Fsp3) is 0.368. The van der Waals surface area contributed by atoms with Crippen LogP contribution < -0.4 is 11.1 Å². The first-order valence-electron chi connectivity index (χ1n) is 8.98. The number of aryl methyl sites for hydroxylation is 2. The standard InChI is InChI=1S/C19H24N6OS.ClH/c1-13-11-14(2)25-18(22-13)23-19(24-25)27-12-15-7-3-4-8-16(15)17(26)21-10-6-5-9-20;/h3-4,7-8,11H,5-6,9-10,12,20H2,1-2H3,(H,21,26);1H. The van der Waals surface area contributed by atoms with Crippen molar-refractivity contribution in [2.45, 2.75) is 37.6 Å². The van der Waals surface area contributed by atoms with Crippen LogP contribution in [-0.4, -0.2) is 38.6 Å². The number of nitrogens with two attached hydrogens (primary N) is 1. The molecule has 0 saturated carbocycles. The highest BCUT2D eigenvalue weighted by Gasteiger charge is 2.13. The molecule has 0 aliphatic carbocycles. The molecule has 1 aromatic carbocycles. The summed E-state index contributed by atoms with van der Waals surface area (Å²) in [5.41, 5.74) is 9.04. The summed E-state index contributed by atoms with van der Waals surface area (Å²) < 4.78 is 1.74. The second-order valence-corrected chi connectivity index (χ2v) is 7.29. The molecular formula is C19H25ClN6OS. The van der Waals surface area contributed by atoms with Crippen molar-refractivity contribution in [2.75, 3.05) is 13.1 Å². The van der Waals surface area contributed by atoms with E-state index in [2.05, 4.69) is 20.4 Å². The Morgan fingerprint density at radius 2 is 2.00 bits per heavy atom. The fourth-order valence-electron chi connectivity index (χ4n) is 2.79. The second-order valence-electron chi connectivity index (χ2n) is 6.34. The highest BCUT2D eigenvalue weighted by atomic mass is 35.5. The third-order valence-electron chi connectivity index (χ3n) is 4.13. The lowest BCUT2D eigenvalue weighted by Crippen LogP contribution is -2.25. The molecule has 0 radical (unpaired) electrons. The maximum atomic E-state index is 12.5. The first kappa shape index (κ1) is 22.1. The fourth-order valence-corrected chi connectivity index (χ4v) is 3.61. The smallest absolute Gasteiger partial charge is 0.253 e. The number of carbonyl (C=O) groups excluding carboxylic acids is 1. The Hall–Kier alpha value is -2.16. The van der Waals surface area contributed by atoms with Gasteiger partial charge in [-0.3, -0.25) is 4.79 Å². The number of nitrogens with zero attached hydrogens (tertiary/aromatic N) is 4. The molecule has 9 heteroatoms. The molecule has 2 aromatic heterocycles. The number of carbonyl (C=O) groups is 1. The highest BCUT2D eigenvalue weighted by molar-refractivity contribution is 7.98. The minimum atomic E-state index is -0.0562. The van der Waals surface area contributed by atoms with E-state index in [0.717, 1.165) is 29.8 Å². The van der Waals surface area contributed by atoms with Crippen LogP contribution in [0, 0.1) is 13.8 Å². The predicted molar refractivity (Wildman–Crippen MR) is 114 cm³/mol. The van der Waals surface area contributed by atoms with Gasteiger partial charge in [0.2, 0.25) is 5.16 Å². The van der Waals surface area contributed by atoms with Crippen molar-refractivity contribution >= 4 is 35.9 Å². The maximum absolute atomic E-state index is 12.5. The minimum absolute atomic E-state index is 0. The van der Waals surface area contributed by atoms with Gasteiger partial charge in [-0.1, -0.05) is 30.0 Å². The van der Waals surface area contributed by atoms with Crippen LogP contribution in [0.3, 0.4) is 0 Å². The largest absolute Gasteiger partial charge is 0.352 e. The van der Waals surface area contributed by atoms with Gasteiger partial charge in [0.05, 0.1) is 0 Å². The van der Waals surface area contributed by atoms with Gasteiger partial charge in [-0.05, 0) is 50.9 Å². The number of hydrogen-bond acceptors (Lipinski definition) is 6. The van der Waals surface area contributed by atoms with Gasteiger partial charge in [0.25, 0.3) is 11.7 Å². The molecule has 3 rings (SSSR count). The molecule has 0 atom stereocenters. The van der Waals surface area contributed by atoms with Crippen LogP contribution in [0.4, 0.5) is 0 Å². The van der Waals surface area contributed by atoms with E-state index in [1.165, 1.54) is 11.8 Å². The number of aromatic nitrogens is 4. The summed E-state index contributed by atoms with van der Waals surface area (Å²) in [5.74, 6) is 1.15. The molecule has 3 N–H and O–H groups in total. The van der Waals surface area contributed by atoms with Crippen molar-refractivity contribution < 1.29 is 4.79 Å². The third-order valence-corrected chi connectivity index (χ3v) is 5.02. The first-order chi connectivity index (χ1) is 13.1. The molecule has 28 heavy (non-hydrogen) atoms. The SMILES string of the molecule is Cc1cc(C)n2nc(SCc3ccccc3C(=O)NCCCCN)nc2n1.Cl. The minimum Gasteiger partial charge on any atom is -0.352 e. The topological polar surface area (TPSA) is 98.2 Å². The maximum Gasteiger partial charge on any atom is 0.253 e. The number of halogens is 1. The summed E-state index contributed by atoms with van der Waals surface area (Å²) >= 11 is 1.50. The Morgan fingerprint density at radius 3 is 2.79 bits per heavy atom. The van der Waals surface area contributed by atoms with Crippen LogP contribution >= 0.6 is 24.2 Å². The number of thioether (sulfide) groups is 1. The van der Waals surface area contributed by atoms with E-state index >= 15 is 0 Å². The van der Waals surface area contributed by atoms with Gasteiger partial charge in [-0.25, -0.2) is 9.50 Å². The first-order valence-corrected chi connectivity index (χ1v) is 9.97. The molecule has 0 spiro atoms. The number of fused-ring (bicyclic) bond motifs is 1. The summed E-state index contributed by atoms with van der Waals surface area (Å²) in [7, 11) is 0. The van der Waals surface area contributed by atoms with Crippen molar-refractivity contribution in [3.8, 4) is 0 Å². The van der Waals surface area contributed by atoms with E-state index in [1.54, 1.807) is 4.52 Å². The van der Waals surface area contributed by atoms with Crippen LogP contribution in [0.1, 0.15) is 40.2 Å². The summed E-state index contributed by atoms with van der Waals surface area (Å²) in [5, 5.41) is 8.11. The molecular weight excluding hydrogens is 396 g/mol. The second kappa shape index (κ2) is 10.4. The molecule has 0 aliphatic heterocycles. The van der Waals surface area contributed by atoms with E-state index < -0.39 is 0 Å². The number of hydrogen-bond donors (Lipinski definition) is 2. The average Bonchev–Trinajstić information content (AvgIpc) is 3.07. The Balaban J connectivity index is 0.00000280. The van der Waals surface area contributed by atoms with E-state index in [4.69, 9.17) is 5.73 Å². The van der Waals surface area contributed by atoms with Crippen molar-refractivity contribution in [2.24, 2.45) is 5.73 Å². The summed E-state index contributed by atoms with van der Waals surface area (Å²) in [6, 6.07) is 9.60. The number of amides is 1. The lowest BCUT2D eigenvalue weighted by atomic mass is 10.1. The van der Waals surface area contributed by atoms with Crippen LogP contribution in [-0.2, 0) is 5.75 Å². The van der Waals surface area contributed by atoms with E-state index in [-0.39, 0.29) is 18.3 Å². The van der Waals surface area contributed by atoms with Gasteiger partial charge in [0.1, 0.15) is 0 Å². The van der Waals surface area contributed by atoms with E-state index in [9.17, 15) is 4.79 Å². The lowest BCUT2D eigenvalue weighted by Gasteiger charge is -2.09. The van der Waals surface area contributed by atoms with Crippen LogP contribution in [0.25, 0.3) is 5.78 Å². The highest BCUT2D eigenvalue weighted by Crippen LogP contribution is 2.22. The van der Waals surface area contributed by atoms with Crippen molar-refractivity contribution in [1.29, 1.82) is 0 Å². The van der Waals surface area contributed by atoms with Gasteiger partial charge < -0.3 is 11.1 Å². The lowest BCUT2D eigenvalue weighted by molar-refractivity contribution is 0.0952. The number of unbranched alkanes of at least 4 members (excludes halogenated alkanes) is 1. The van der Waals surface area contributed by atoms with Gasteiger partial charge in [0, 0.05) is 29.2 Å². The molecule has 3 aromatic rings. The van der Waals surface area contributed by atoms with Crippen LogP contribution in [0.15, 0.2) is 35.5 Å². The zero-order chi connectivity index (χ0) is 19.2. The number of benzene rings is 1. The predicted octanol–water partition coefficient (Wildman–Crippen LogP) is 2.92. The van der Waals surface area contributed by atoms with Gasteiger partial charge in [0.15, 0.2) is 0 Å².